The van der Waals surface area contributed by atoms with Gasteiger partial charge in [0.15, 0.2) is 0 Å². The first-order valence-corrected chi connectivity index (χ1v) is 9.14. The Morgan fingerprint density at radius 3 is 2.56 bits per heavy atom. The number of nitrogens with zero attached hydrogens (tertiary/aromatic N) is 2. The van der Waals surface area contributed by atoms with Crippen molar-refractivity contribution < 1.29 is 26.1 Å². The molecule has 0 atom stereocenters. The number of alkyl halides is 2. The zero-order chi connectivity index (χ0) is 18.4. The summed E-state index contributed by atoms with van der Waals surface area (Å²) in [6, 6.07) is 2.85. The van der Waals surface area contributed by atoms with E-state index in [1.54, 1.807) is 12.3 Å². The number of benzene rings is 1. The Kier molecular flexibility index (Phi) is 4.39. The predicted octanol–water partition coefficient (Wildman–Crippen LogP) is 3.50. The van der Waals surface area contributed by atoms with Crippen LogP contribution in [0.15, 0.2) is 33.0 Å². The summed E-state index contributed by atoms with van der Waals surface area (Å²) in [4.78, 5) is 3.42. The molecule has 0 aliphatic rings. The van der Waals surface area contributed by atoms with Crippen LogP contribution in [0.1, 0.15) is 17.2 Å². The molecule has 0 saturated carbocycles. The molecule has 0 amide bonds. The van der Waals surface area contributed by atoms with Crippen LogP contribution in [0.3, 0.4) is 0 Å². The lowest BCUT2D eigenvalue weighted by atomic mass is 10.0. The topological polar surface area (TPSA) is 99.1 Å². The molecule has 0 aliphatic heterocycles. The van der Waals surface area contributed by atoms with Gasteiger partial charge in [-0.05, 0) is 24.6 Å². The summed E-state index contributed by atoms with van der Waals surface area (Å²) in [5.74, 6) is -1.93. The molecule has 2 N–H and O–H groups in total. The van der Waals surface area contributed by atoms with Gasteiger partial charge in [-0.25, -0.2) is 31.7 Å². The van der Waals surface area contributed by atoms with Gasteiger partial charge in [-0.15, -0.1) is 11.3 Å². The Morgan fingerprint density at radius 1 is 1.32 bits per heavy atom. The van der Waals surface area contributed by atoms with Crippen molar-refractivity contribution in [2.45, 2.75) is 18.2 Å². The highest BCUT2D eigenvalue weighted by atomic mass is 32.2. The highest BCUT2D eigenvalue weighted by Crippen LogP contribution is 2.39. The molecule has 25 heavy (non-hydrogen) atoms. The number of hydrogen-bond acceptors (Lipinski definition) is 6. The first-order valence-electron chi connectivity index (χ1n) is 6.71. The quantitative estimate of drug-likeness (QED) is 0.736. The summed E-state index contributed by atoms with van der Waals surface area (Å²) < 4.78 is 67.9. The standard InChI is InChI=1S/C14H10F3N3O3S2/c1-6-19-9(5-24-6)12-11(13(14(16)17)23-20-12)7-2-3-10(8(15)4-7)25(18,21)22/h2-5,14H,1H3,(H2,18,21,22). The number of sulfonamides is 1. The molecular weight excluding hydrogens is 379 g/mol. The van der Waals surface area contributed by atoms with Crippen LogP contribution in [0.25, 0.3) is 22.5 Å². The molecule has 1 aromatic carbocycles. The number of aryl methyl sites for hydroxylation is 1. The Hall–Kier alpha value is -2.24. The van der Waals surface area contributed by atoms with Gasteiger partial charge in [0, 0.05) is 5.38 Å². The maximum atomic E-state index is 14.1. The van der Waals surface area contributed by atoms with Crippen molar-refractivity contribution in [1.29, 1.82) is 0 Å². The number of thiazole rings is 1. The van der Waals surface area contributed by atoms with Gasteiger partial charge in [0.05, 0.1) is 10.6 Å². The molecule has 6 nitrogen and oxygen atoms in total. The van der Waals surface area contributed by atoms with Crippen LogP contribution in [-0.2, 0) is 10.0 Å². The lowest BCUT2D eigenvalue weighted by molar-refractivity contribution is 0.113. The molecule has 11 heteroatoms. The van der Waals surface area contributed by atoms with Gasteiger partial charge in [0.25, 0.3) is 6.43 Å². The SMILES string of the molecule is Cc1nc(-c2noc(C(F)F)c2-c2ccc(S(N)(=O)=O)c(F)c2)cs1. The number of halogens is 3. The zero-order valence-electron chi connectivity index (χ0n) is 12.5. The summed E-state index contributed by atoms with van der Waals surface area (Å²) in [6.07, 6.45) is -3.00. The monoisotopic (exact) mass is 389 g/mol. The molecule has 0 unspecified atom stereocenters. The second kappa shape index (κ2) is 6.24. The lowest BCUT2D eigenvalue weighted by Gasteiger charge is -2.06. The van der Waals surface area contributed by atoms with Gasteiger partial charge in [0.1, 0.15) is 22.1 Å². The molecule has 2 heterocycles. The van der Waals surface area contributed by atoms with Crippen LogP contribution in [0, 0.1) is 12.7 Å². The number of rotatable bonds is 4. The molecule has 0 radical (unpaired) electrons. The summed E-state index contributed by atoms with van der Waals surface area (Å²) >= 11 is 1.28. The Bertz CT molecular complexity index is 1040. The van der Waals surface area contributed by atoms with E-state index in [4.69, 9.17) is 9.66 Å². The van der Waals surface area contributed by atoms with Gasteiger partial charge < -0.3 is 4.52 Å². The molecule has 0 aliphatic carbocycles. The van der Waals surface area contributed by atoms with Crippen molar-refractivity contribution >= 4 is 21.4 Å². The maximum absolute atomic E-state index is 14.1. The molecular formula is C14H10F3N3O3S2. The molecule has 0 fully saturated rings. The van der Waals surface area contributed by atoms with Crippen molar-refractivity contribution in [1.82, 2.24) is 10.1 Å². The van der Waals surface area contributed by atoms with E-state index in [2.05, 4.69) is 10.1 Å². The first-order chi connectivity index (χ1) is 11.7. The van der Waals surface area contributed by atoms with Gasteiger partial charge in [-0.3, -0.25) is 0 Å². The highest BCUT2D eigenvalue weighted by molar-refractivity contribution is 7.89. The van der Waals surface area contributed by atoms with Gasteiger partial charge >= 0.3 is 0 Å². The first kappa shape index (κ1) is 17.6. The second-order valence-electron chi connectivity index (χ2n) is 5.01. The molecule has 0 saturated heterocycles. The summed E-state index contributed by atoms with van der Waals surface area (Å²) in [5, 5.41) is 10.8. The third-order valence-electron chi connectivity index (χ3n) is 3.31. The minimum absolute atomic E-state index is 0.0161. The molecule has 0 spiro atoms. The number of aromatic nitrogens is 2. The highest BCUT2D eigenvalue weighted by Gasteiger charge is 2.28. The van der Waals surface area contributed by atoms with E-state index in [9.17, 15) is 21.6 Å². The van der Waals surface area contributed by atoms with Crippen LogP contribution in [0.5, 0.6) is 0 Å². The molecule has 3 rings (SSSR count). The van der Waals surface area contributed by atoms with E-state index < -0.39 is 32.9 Å². The number of primary sulfonamides is 1. The Labute approximate surface area is 144 Å². The van der Waals surface area contributed by atoms with Crippen molar-refractivity contribution in [2.24, 2.45) is 5.14 Å². The van der Waals surface area contributed by atoms with Crippen LogP contribution >= 0.6 is 11.3 Å². The van der Waals surface area contributed by atoms with Gasteiger partial charge in [0.2, 0.25) is 15.8 Å². The third kappa shape index (κ3) is 3.30. The summed E-state index contributed by atoms with van der Waals surface area (Å²) in [7, 11) is -4.28. The fraction of sp³-hybridized carbons (Fsp3) is 0.143. The van der Waals surface area contributed by atoms with Crippen molar-refractivity contribution in [3.8, 4) is 22.5 Å². The van der Waals surface area contributed by atoms with Crippen LogP contribution < -0.4 is 5.14 Å². The van der Waals surface area contributed by atoms with E-state index in [1.165, 1.54) is 11.3 Å². The van der Waals surface area contributed by atoms with Crippen LogP contribution in [0.2, 0.25) is 0 Å². The molecule has 0 bridgehead atoms. The van der Waals surface area contributed by atoms with Crippen molar-refractivity contribution in [3.63, 3.8) is 0 Å². The van der Waals surface area contributed by atoms with E-state index in [0.717, 1.165) is 18.2 Å². The number of hydrogen-bond donors (Lipinski definition) is 1. The van der Waals surface area contributed by atoms with Crippen molar-refractivity contribution in [3.05, 3.63) is 40.2 Å². The summed E-state index contributed by atoms with van der Waals surface area (Å²) in [6.45, 7) is 1.72. The second-order valence-corrected chi connectivity index (χ2v) is 7.61. The maximum Gasteiger partial charge on any atom is 0.298 e. The van der Waals surface area contributed by atoms with Crippen LogP contribution in [-0.4, -0.2) is 18.6 Å². The molecule has 3 aromatic rings. The molecule has 132 valence electrons. The van der Waals surface area contributed by atoms with E-state index >= 15 is 0 Å². The lowest BCUT2D eigenvalue weighted by Crippen LogP contribution is -2.14. The van der Waals surface area contributed by atoms with Gasteiger partial charge in [-0.2, -0.15) is 0 Å². The van der Waals surface area contributed by atoms with Gasteiger partial charge in [-0.1, -0.05) is 11.2 Å². The largest absolute Gasteiger partial charge is 0.354 e. The third-order valence-corrected chi connectivity index (χ3v) is 5.02. The zero-order valence-corrected chi connectivity index (χ0v) is 14.2. The predicted molar refractivity (Wildman–Crippen MR) is 84.1 cm³/mol. The average Bonchev–Trinajstić information content (AvgIpc) is 3.11. The number of nitrogens with two attached hydrogens (primary N) is 1. The minimum atomic E-state index is -4.28. The van der Waals surface area contributed by atoms with Crippen LogP contribution in [0.4, 0.5) is 13.2 Å². The summed E-state index contributed by atoms with van der Waals surface area (Å²) in [5.41, 5.74) is 0.133. The van der Waals surface area contributed by atoms with E-state index in [-0.39, 0.29) is 16.8 Å². The van der Waals surface area contributed by atoms with E-state index in [1.807, 2.05) is 0 Å². The fourth-order valence-corrected chi connectivity index (χ4v) is 3.45. The normalized spacial score (nSPS) is 12.1. The molecule has 2 aromatic heterocycles. The average molecular weight is 389 g/mol. The fourth-order valence-electron chi connectivity index (χ4n) is 2.26. The van der Waals surface area contributed by atoms with E-state index in [0.29, 0.717) is 10.7 Å². The Balaban J connectivity index is 2.22. The smallest absolute Gasteiger partial charge is 0.298 e. The van der Waals surface area contributed by atoms with Crippen molar-refractivity contribution in [2.75, 3.05) is 0 Å². The minimum Gasteiger partial charge on any atom is -0.354 e. The Morgan fingerprint density at radius 2 is 2.04 bits per heavy atom.